The van der Waals surface area contributed by atoms with Crippen LogP contribution in [0.15, 0.2) is 29.4 Å². The van der Waals surface area contributed by atoms with E-state index >= 15 is 0 Å². The van der Waals surface area contributed by atoms with Crippen molar-refractivity contribution in [3.8, 4) is 5.75 Å². The fourth-order valence-corrected chi connectivity index (χ4v) is 1.48. The minimum Gasteiger partial charge on any atom is -0.494 e. The van der Waals surface area contributed by atoms with Gasteiger partial charge in [-0.3, -0.25) is 9.59 Å². The van der Waals surface area contributed by atoms with Gasteiger partial charge in [-0.25, -0.2) is 5.43 Å². The van der Waals surface area contributed by atoms with Gasteiger partial charge < -0.3 is 10.1 Å². The summed E-state index contributed by atoms with van der Waals surface area (Å²) in [5.41, 5.74) is 3.80. The number of hydrogen-bond donors (Lipinski definition) is 2. The second-order valence-electron chi connectivity index (χ2n) is 4.60. The SMILES string of the molecule is CCOc1ccc(NC(=O)CCC(=O)NN=C(C)C)cc1. The van der Waals surface area contributed by atoms with Crippen LogP contribution in [0.4, 0.5) is 5.69 Å². The van der Waals surface area contributed by atoms with Crippen LogP contribution < -0.4 is 15.5 Å². The Labute approximate surface area is 124 Å². The van der Waals surface area contributed by atoms with E-state index in [1.54, 1.807) is 38.1 Å². The Morgan fingerprint density at radius 3 is 2.29 bits per heavy atom. The average Bonchev–Trinajstić information content (AvgIpc) is 2.45. The minimum atomic E-state index is -0.280. The third-order valence-electron chi connectivity index (χ3n) is 2.43. The van der Waals surface area contributed by atoms with Crippen molar-refractivity contribution >= 4 is 23.2 Å². The first kappa shape index (κ1) is 16.7. The monoisotopic (exact) mass is 291 g/mol. The number of benzene rings is 1. The number of anilines is 1. The van der Waals surface area contributed by atoms with Gasteiger partial charge in [-0.05, 0) is 45.0 Å². The Morgan fingerprint density at radius 1 is 1.10 bits per heavy atom. The number of carbonyl (C=O) groups is 2. The molecule has 0 aliphatic carbocycles. The van der Waals surface area contributed by atoms with E-state index in [4.69, 9.17) is 4.74 Å². The van der Waals surface area contributed by atoms with Crippen molar-refractivity contribution < 1.29 is 14.3 Å². The topological polar surface area (TPSA) is 79.8 Å². The molecule has 0 atom stereocenters. The van der Waals surface area contributed by atoms with Crippen LogP contribution in [-0.4, -0.2) is 24.1 Å². The zero-order valence-corrected chi connectivity index (χ0v) is 12.6. The van der Waals surface area contributed by atoms with Crippen molar-refractivity contribution in [1.29, 1.82) is 0 Å². The van der Waals surface area contributed by atoms with E-state index in [0.717, 1.165) is 11.5 Å². The van der Waals surface area contributed by atoms with Crippen molar-refractivity contribution in [3.63, 3.8) is 0 Å². The van der Waals surface area contributed by atoms with E-state index in [0.29, 0.717) is 12.3 Å². The first-order valence-electron chi connectivity index (χ1n) is 6.83. The number of hydrogen-bond acceptors (Lipinski definition) is 4. The van der Waals surface area contributed by atoms with E-state index in [-0.39, 0.29) is 24.7 Å². The van der Waals surface area contributed by atoms with Gasteiger partial charge in [-0.2, -0.15) is 5.10 Å². The summed E-state index contributed by atoms with van der Waals surface area (Å²) in [6, 6.07) is 7.08. The predicted molar refractivity (Wildman–Crippen MR) is 82.4 cm³/mol. The minimum absolute atomic E-state index is 0.0969. The molecule has 0 heterocycles. The molecule has 1 rings (SSSR count). The molecule has 21 heavy (non-hydrogen) atoms. The Bertz CT molecular complexity index is 505. The molecule has 0 bridgehead atoms. The third kappa shape index (κ3) is 7.10. The van der Waals surface area contributed by atoms with Crippen molar-refractivity contribution in [1.82, 2.24) is 5.43 Å². The lowest BCUT2D eigenvalue weighted by Gasteiger charge is -2.07. The Morgan fingerprint density at radius 2 is 1.71 bits per heavy atom. The maximum absolute atomic E-state index is 11.7. The van der Waals surface area contributed by atoms with Gasteiger partial charge in [0.15, 0.2) is 0 Å². The van der Waals surface area contributed by atoms with E-state index in [1.807, 2.05) is 6.92 Å². The van der Waals surface area contributed by atoms with Crippen LogP contribution in [0.2, 0.25) is 0 Å². The van der Waals surface area contributed by atoms with Crippen molar-refractivity contribution in [3.05, 3.63) is 24.3 Å². The van der Waals surface area contributed by atoms with Crippen LogP contribution in [0.25, 0.3) is 0 Å². The summed E-state index contributed by atoms with van der Waals surface area (Å²) in [5, 5.41) is 6.51. The molecule has 0 unspecified atom stereocenters. The van der Waals surface area contributed by atoms with Gasteiger partial charge in [0, 0.05) is 24.2 Å². The highest BCUT2D eigenvalue weighted by molar-refractivity contribution is 5.93. The van der Waals surface area contributed by atoms with Gasteiger partial charge in [0.2, 0.25) is 11.8 Å². The molecule has 1 aromatic carbocycles. The Hall–Kier alpha value is -2.37. The number of rotatable bonds is 7. The van der Waals surface area contributed by atoms with E-state index in [9.17, 15) is 9.59 Å². The quantitative estimate of drug-likeness (QED) is 0.597. The average molecular weight is 291 g/mol. The largest absolute Gasteiger partial charge is 0.494 e. The molecule has 0 aliphatic rings. The smallest absolute Gasteiger partial charge is 0.240 e. The highest BCUT2D eigenvalue weighted by atomic mass is 16.5. The molecule has 114 valence electrons. The maximum Gasteiger partial charge on any atom is 0.240 e. The summed E-state index contributed by atoms with van der Waals surface area (Å²) >= 11 is 0. The fraction of sp³-hybridized carbons (Fsp3) is 0.400. The lowest BCUT2D eigenvalue weighted by molar-refractivity contribution is -0.124. The number of amides is 2. The van der Waals surface area contributed by atoms with Gasteiger partial charge in [0.1, 0.15) is 5.75 Å². The fourth-order valence-electron chi connectivity index (χ4n) is 1.48. The first-order valence-corrected chi connectivity index (χ1v) is 6.83. The van der Waals surface area contributed by atoms with Crippen molar-refractivity contribution in [2.24, 2.45) is 5.10 Å². The molecule has 2 N–H and O–H groups in total. The molecule has 0 radical (unpaired) electrons. The summed E-state index contributed by atoms with van der Waals surface area (Å²) in [4.78, 5) is 23.1. The van der Waals surface area contributed by atoms with E-state index in [2.05, 4.69) is 15.8 Å². The van der Waals surface area contributed by atoms with Crippen LogP contribution >= 0.6 is 0 Å². The van der Waals surface area contributed by atoms with E-state index < -0.39 is 0 Å². The zero-order valence-electron chi connectivity index (χ0n) is 12.6. The number of nitrogens with zero attached hydrogens (tertiary/aromatic N) is 1. The maximum atomic E-state index is 11.7. The second kappa shape index (κ2) is 8.73. The molecular formula is C15H21N3O3. The summed E-state index contributed by atoms with van der Waals surface area (Å²) in [7, 11) is 0. The lowest BCUT2D eigenvalue weighted by atomic mass is 10.2. The summed E-state index contributed by atoms with van der Waals surface area (Å²) in [5.74, 6) is 0.257. The van der Waals surface area contributed by atoms with Crippen LogP contribution in [0.3, 0.4) is 0 Å². The van der Waals surface area contributed by atoms with Crippen LogP contribution in [0, 0.1) is 0 Å². The number of ether oxygens (including phenoxy) is 1. The van der Waals surface area contributed by atoms with Crippen molar-refractivity contribution in [2.75, 3.05) is 11.9 Å². The Balaban J connectivity index is 2.36. The van der Waals surface area contributed by atoms with Gasteiger partial charge in [0.05, 0.1) is 6.61 Å². The summed E-state index contributed by atoms with van der Waals surface area (Å²) in [6.07, 6.45) is 0.205. The summed E-state index contributed by atoms with van der Waals surface area (Å²) < 4.78 is 5.31. The van der Waals surface area contributed by atoms with Crippen LogP contribution in [0.5, 0.6) is 5.75 Å². The molecule has 0 aromatic heterocycles. The van der Waals surface area contributed by atoms with Gasteiger partial charge in [0.25, 0.3) is 0 Å². The molecule has 0 spiro atoms. The third-order valence-corrected chi connectivity index (χ3v) is 2.43. The standard InChI is InChI=1S/C15H21N3O3/c1-4-21-13-7-5-12(6-8-13)16-14(19)9-10-15(20)18-17-11(2)3/h5-8H,4,9-10H2,1-3H3,(H,16,19)(H,18,20). The molecule has 6 nitrogen and oxygen atoms in total. The Kier molecular flexibility index (Phi) is 6.94. The van der Waals surface area contributed by atoms with Gasteiger partial charge in [-0.15, -0.1) is 0 Å². The summed E-state index contributed by atoms with van der Waals surface area (Å²) in [6.45, 7) is 6.06. The lowest BCUT2D eigenvalue weighted by Crippen LogP contribution is -2.21. The number of nitrogens with one attached hydrogen (secondary N) is 2. The van der Waals surface area contributed by atoms with Gasteiger partial charge in [-0.1, -0.05) is 0 Å². The first-order chi connectivity index (χ1) is 10.0. The molecule has 0 aliphatic heterocycles. The molecule has 1 aromatic rings. The molecule has 6 heteroatoms. The van der Waals surface area contributed by atoms with E-state index in [1.165, 1.54) is 0 Å². The molecule has 0 saturated heterocycles. The second-order valence-corrected chi connectivity index (χ2v) is 4.60. The predicted octanol–water partition coefficient (Wildman–Crippen LogP) is 2.32. The highest BCUT2D eigenvalue weighted by Crippen LogP contribution is 2.15. The van der Waals surface area contributed by atoms with Crippen molar-refractivity contribution in [2.45, 2.75) is 33.6 Å². The number of carbonyl (C=O) groups excluding carboxylic acids is 2. The molecule has 0 fully saturated rings. The highest BCUT2D eigenvalue weighted by Gasteiger charge is 2.07. The molecular weight excluding hydrogens is 270 g/mol. The molecule has 2 amide bonds. The molecule has 0 saturated carbocycles. The number of hydrazone groups is 1. The normalized spacial score (nSPS) is 9.67. The van der Waals surface area contributed by atoms with Crippen LogP contribution in [0.1, 0.15) is 33.6 Å². The zero-order chi connectivity index (χ0) is 15.7. The van der Waals surface area contributed by atoms with Crippen LogP contribution in [-0.2, 0) is 9.59 Å². The van der Waals surface area contributed by atoms with Gasteiger partial charge >= 0.3 is 0 Å².